The van der Waals surface area contributed by atoms with Crippen molar-refractivity contribution in [3.63, 3.8) is 0 Å². The lowest BCUT2D eigenvalue weighted by Gasteiger charge is -2.38. The average molecular weight is 562 g/mol. The van der Waals surface area contributed by atoms with Gasteiger partial charge in [-0.3, -0.25) is 9.69 Å². The minimum Gasteiger partial charge on any atom is -0.465 e. The molecule has 4 rings (SSSR count). The predicted molar refractivity (Wildman–Crippen MR) is 125 cm³/mol. The number of anilines is 2. The Labute approximate surface area is 218 Å². The molecule has 2 aliphatic heterocycles. The summed E-state index contributed by atoms with van der Waals surface area (Å²) in [7, 11) is 1.15. The number of aryl methyl sites for hydroxylation is 1. The van der Waals surface area contributed by atoms with Crippen LogP contribution in [0.2, 0.25) is 5.02 Å². The van der Waals surface area contributed by atoms with Gasteiger partial charge in [0.25, 0.3) is 5.91 Å². The number of aromatic nitrogens is 1. The molecule has 0 aliphatic carbocycles. The Balaban J connectivity index is 1.69. The summed E-state index contributed by atoms with van der Waals surface area (Å²) in [5.41, 5.74) is -1.55. The van der Waals surface area contributed by atoms with Crippen LogP contribution in [0.3, 0.4) is 0 Å². The summed E-state index contributed by atoms with van der Waals surface area (Å²) < 4.78 is 68.8. The summed E-state index contributed by atoms with van der Waals surface area (Å²) >= 11 is 5.63. The van der Waals surface area contributed by atoms with Gasteiger partial charge in [-0.2, -0.15) is 13.2 Å². The number of carboxylic acid groups (broad SMARTS) is 1. The maximum Gasteiger partial charge on any atom is 0.416 e. The number of hydrogen-bond donors (Lipinski definition) is 1. The molecule has 2 aromatic rings. The number of carbonyl (C=O) groups is 3. The van der Waals surface area contributed by atoms with E-state index in [4.69, 9.17) is 16.7 Å². The fraction of sp³-hybridized carbons (Fsp3) is 0.391. The smallest absolute Gasteiger partial charge is 0.416 e. The minimum atomic E-state index is -4.76. The van der Waals surface area contributed by atoms with Crippen LogP contribution < -0.4 is 9.80 Å². The summed E-state index contributed by atoms with van der Waals surface area (Å²) in [5.74, 6) is -3.87. The third-order valence-corrected chi connectivity index (χ3v) is 6.74. The van der Waals surface area contributed by atoms with Gasteiger partial charge in [0.15, 0.2) is 5.82 Å². The van der Waals surface area contributed by atoms with Crippen molar-refractivity contribution in [3.8, 4) is 0 Å². The lowest BCUT2D eigenvalue weighted by Crippen LogP contribution is -2.53. The van der Waals surface area contributed by atoms with Crippen LogP contribution in [0.4, 0.5) is 43.0 Å². The number of halogens is 6. The van der Waals surface area contributed by atoms with Crippen molar-refractivity contribution in [2.24, 2.45) is 5.92 Å². The molecule has 204 valence electrons. The molecule has 3 heterocycles. The van der Waals surface area contributed by atoms with Gasteiger partial charge in [-0.05, 0) is 31.2 Å². The molecule has 0 radical (unpaired) electrons. The molecule has 15 heteroatoms. The van der Waals surface area contributed by atoms with E-state index in [1.807, 2.05) is 0 Å². The molecule has 0 bridgehead atoms. The van der Waals surface area contributed by atoms with Crippen molar-refractivity contribution in [2.75, 3.05) is 43.0 Å². The largest absolute Gasteiger partial charge is 0.465 e. The number of hydrogen-bond acceptors (Lipinski definition) is 4. The maximum absolute atomic E-state index is 14.7. The number of alkyl halides is 3. The first-order valence-electron chi connectivity index (χ1n) is 11.2. The van der Waals surface area contributed by atoms with Gasteiger partial charge in [0, 0.05) is 38.3 Å². The zero-order valence-corrected chi connectivity index (χ0v) is 20.7. The highest BCUT2D eigenvalue weighted by molar-refractivity contribution is 6.31. The standard InChI is InChI=1S/C23H21ClF5N5O4/c1-11-5-13(23(27,28)29)6-17(30-11)34-16(10-32(21(34)36)7-12-8-33(9-12)22(37)38)20(35)31(2)15-4-3-14(25)18(24)19(15)26/h3-6,12,16H,7-10H2,1-2H3,(H,37,38). The van der Waals surface area contributed by atoms with Crippen LogP contribution in [0.1, 0.15) is 11.3 Å². The van der Waals surface area contributed by atoms with Crippen LogP contribution in [0.25, 0.3) is 0 Å². The summed E-state index contributed by atoms with van der Waals surface area (Å²) in [6, 6.07) is 0.983. The Bertz CT molecular complexity index is 1300. The molecule has 9 nitrogen and oxygen atoms in total. The monoisotopic (exact) mass is 561 g/mol. The highest BCUT2D eigenvalue weighted by atomic mass is 35.5. The normalized spacial score (nSPS) is 18.2. The maximum atomic E-state index is 14.7. The Morgan fingerprint density at radius 1 is 1.18 bits per heavy atom. The topological polar surface area (TPSA) is 97.3 Å². The van der Waals surface area contributed by atoms with Gasteiger partial charge in [0.05, 0.1) is 17.8 Å². The summed E-state index contributed by atoms with van der Waals surface area (Å²) in [6.07, 6.45) is -5.89. The van der Waals surface area contributed by atoms with Crippen LogP contribution >= 0.6 is 11.6 Å². The SMILES string of the molecule is Cc1cc(C(F)(F)F)cc(N2C(=O)N(CC3CN(C(=O)O)C3)CC2C(=O)N(C)c2ccc(F)c(Cl)c2F)n1. The predicted octanol–water partition coefficient (Wildman–Crippen LogP) is 4.22. The Morgan fingerprint density at radius 3 is 2.45 bits per heavy atom. The Kier molecular flexibility index (Phi) is 7.12. The van der Waals surface area contributed by atoms with Crippen LogP contribution in [0, 0.1) is 24.5 Å². The van der Waals surface area contributed by atoms with Crippen LogP contribution in [0.15, 0.2) is 24.3 Å². The Hall–Kier alpha value is -3.68. The number of amides is 4. The molecule has 2 saturated heterocycles. The molecular weight excluding hydrogens is 541 g/mol. The zero-order chi connectivity index (χ0) is 28.1. The van der Waals surface area contributed by atoms with Crippen molar-refractivity contribution >= 4 is 41.1 Å². The second kappa shape index (κ2) is 9.89. The molecule has 2 aliphatic rings. The van der Waals surface area contributed by atoms with E-state index in [0.717, 1.165) is 39.9 Å². The molecule has 4 amide bonds. The minimum absolute atomic E-state index is 0.0291. The first-order chi connectivity index (χ1) is 17.7. The van der Waals surface area contributed by atoms with Gasteiger partial charge in [0.1, 0.15) is 22.7 Å². The van der Waals surface area contributed by atoms with E-state index in [1.54, 1.807) is 0 Å². The van der Waals surface area contributed by atoms with E-state index < -0.39 is 64.0 Å². The Morgan fingerprint density at radius 2 is 1.84 bits per heavy atom. The van der Waals surface area contributed by atoms with E-state index in [-0.39, 0.29) is 37.8 Å². The number of benzene rings is 1. The van der Waals surface area contributed by atoms with E-state index in [0.29, 0.717) is 6.07 Å². The van der Waals surface area contributed by atoms with Gasteiger partial charge >= 0.3 is 18.3 Å². The van der Waals surface area contributed by atoms with Crippen molar-refractivity contribution in [1.82, 2.24) is 14.8 Å². The third kappa shape index (κ3) is 5.04. The van der Waals surface area contributed by atoms with Gasteiger partial charge in [0.2, 0.25) is 0 Å². The lowest BCUT2D eigenvalue weighted by atomic mass is 10.0. The first kappa shape index (κ1) is 27.4. The van der Waals surface area contributed by atoms with Crippen LogP contribution in [0.5, 0.6) is 0 Å². The molecule has 38 heavy (non-hydrogen) atoms. The highest BCUT2D eigenvalue weighted by Gasteiger charge is 2.47. The quantitative estimate of drug-likeness (QED) is 0.435. The van der Waals surface area contributed by atoms with Gasteiger partial charge in [-0.15, -0.1) is 0 Å². The molecule has 1 N–H and O–H groups in total. The number of likely N-dealkylation sites (N-methyl/N-ethyl adjacent to an activating group) is 1. The van der Waals surface area contributed by atoms with Crippen LogP contribution in [-0.2, 0) is 11.0 Å². The number of likely N-dealkylation sites (tertiary alicyclic amines) is 1. The van der Waals surface area contributed by atoms with E-state index in [9.17, 15) is 36.3 Å². The van der Waals surface area contributed by atoms with E-state index >= 15 is 0 Å². The number of rotatable bonds is 5. The molecule has 2 fully saturated rings. The molecule has 1 atom stereocenters. The van der Waals surface area contributed by atoms with Gasteiger partial charge in [-0.1, -0.05) is 11.6 Å². The van der Waals surface area contributed by atoms with Crippen molar-refractivity contribution in [1.29, 1.82) is 0 Å². The average Bonchev–Trinajstić information content (AvgIpc) is 3.13. The van der Waals surface area contributed by atoms with E-state index in [2.05, 4.69) is 4.98 Å². The van der Waals surface area contributed by atoms with Crippen molar-refractivity contribution in [2.45, 2.75) is 19.1 Å². The molecule has 0 spiro atoms. The second-order valence-electron chi connectivity index (χ2n) is 9.07. The van der Waals surface area contributed by atoms with Crippen molar-refractivity contribution in [3.05, 3.63) is 52.2 Å². The second-order valence-corrected chi connectivity index (χ2v) is 9.45. The molecule has 1 unspecified atom stereocenters. The number of pyridine rings is 1. The highest BCUT2D eigenvalue weighted by Crippen LogP contribution is 2.35. The van der Waals surface area contributed by atoms with Crippen molar-refractivity contribution < 1.29 is 41.4 Å². The number of carbonyl (C=O) groups excluding carboxylic acids is 2. The summed E-state index contributed by atoms with van der Waals surface area (Å²) in [4.78, 5) is 45.9. The lowest BCUT2D eigenvalue weighted by molar-refractivity contribution is -0.137. The molecule has 1 aromatic carbocycles. The third-order valence-electron chi connectivity index (χ3n) is 6.39. The summed E-state index contributed by atoms with van der Waals surface area (Å²) in [5, 5.41) is 8.18. The summed E-state index contributed by atoms with van der Waals surface area (Å²) in [6.45, 7) is 1.31. The molecular formula is C23H21ClF5N5O4. The number of urea groups is 1. The van der Waals surface area contributed by atoms with Gasteiger partial charge < -0.3 is 19.8 Å². The first-order valence-corrected chi connectivity index (χ1v) is 11.6. The molecule has 0 saturated carbocycles. The van der Waals surface area contributed by atoms with Gasteiger partial charge in [-0.25, -0.2) is 23.4 Å². The van der Waals surface area contributed by atoms with Crippen LogP contribution in [-0.4, -0.2) is 77.2 Å². The number of nitrogens with zero attached hydrogens (tertiary/aromatic N) is 5. The molecule has 1 aromatic heterocycles. The van der Waals surface area contributed by atoms with E-state index in [1.165, 1.54) is 11.8 Å². The fourth-order valence-electron chi connectivity index (χ4n) is 4.46. The fourth-order valence-corrected chi connectivity index (χ4v) is 4.62. The zero-order valence-electron chi connectivity index (χ0n) is 20.0.